The third-order valence-corrected chi connectivity index (χ3v) is 11.5. The Morgan fingerprint density at radius 2 is 1.57 bits per heavy atom. The molecule has 1 radical (unpaired) electrons. The molecule has 6 rings (SSSR count). The fourth-order valence-electron chi connectivity index (χ4n) is 4.91. The molecule has 0 bridgehead atoms. The van der Waals surface area contributed by atoms with Crippen molar-refractivity contribution in [2.45, 2.75) is 43.3 Å². The number of rotatable bonds is 7. The zero-order valence-electron chi connectivity index (χ0n) is 32.2. The van der Waals surface area contributed by atoms with Crippen LogP contribution in [-0.4, -0.2) is 23.2 Å². The van der Waals surface area contributed by atoms with E-state index in [1.807, 2.05) is 79.7 Å². The Morgan fingerprint density at radius 3 is 2.22 bits per heavy atom. The first-order chi connectivity index (χ1) is 24.0. The van der Waals surface area contributed by atoms with Gasteiger partial charge in [0.15, 0.2) is 0 Å². The first kappa shape index (κ1) is 27.4. The quantitative estimate of drug-likeness (QED) is 0.118. The maximum absolute atomic E-state index is 14.8. The van der Waals surface area contributed by atoms with Crippen LogP contribution < -0.4 is 4.40 Å². The molecule has 0 aliphatic rings. The number of hydrogen-bond donors (Lipinski definition) is 0. The van der Waals surface area contributed by atoms with Crippen LogP contribution in [-0.2, 0) is 26.5 Å². The van der Waals surface area contributed by atoms with Gasteiger partial charge in [-0.2, -0.15) is 0 Å². The summed E-state index contributed by atoms with van der Waals surface area (Å²) in [6, 6.07) is 39.8. The molecule has 46 heavy (non-hydrogen) atoms. The Hall–Kier alpha value is -3.70. The second-order valence-electron chi connectivity index (χ2n) is 11.7. The van der Waals surface area contributed by atoms with Gasteiger partial charge < -0.3 is 4.98 Å². The molecule has 0 saturated carbocycles. The van der Waals surface area contributed by atoms with Crippen molar-refractivity contribution >= 4 is 17.7 Å². The average Bonchev–Trinajstić information content (AvgIpc) is 3.12. The van der Waals surface area contributed by atoms with Crippen LogP contribution in [0.5, 0.6) is 0 Å². The second kappa shape index (κ2) is 16.2. The van der Waals surface area contributed by atoms with Gasteiger partial charge in [0, 0.05) is 29.0 Å². The number of benzene rings is 4. The van der Waals surface area contributed by atoms with E-state index in [4.69, 9.17) is 6.85 Å². The van der Waals surface area contributed by atoms with E-state index in [-0.39, 0.29) is 31.2 Å². The van der Waals surface area contributed by atoms with Crippen LogP contribution in [0, 0.1) is 24.8 Å². The summed E-state index contributed by atoms with van der Waals surface area (Å²) < 4.78 is 64.2. The minimum Gasteiger partial charge on any atom is -0.305 e. The van der Waals surface area contributed by atoms with Crippen LogP contribution in [0.2, 0.25) is 17.3 Å². The summed E-state index contributed by atoms with van der Waals surface area (Å²) in [5.41, 5.74) is 4.84. The number of aromatic nitrogens is 2. The molecule has 0 saturated heterocycles. The van der Waals surface area contributed by atoms with Crippen molar-refractivity contribution in [3.8, 4) is 22.5 Å². The van der Waals surface area contributed by atoms with Crippen molar-refractivity contribution in [1.82, 2.24) is 9.97 Å². The molecular formula is C41H39FGeIrN2-2. The van der Waals surface area contributed by atoms with Gasteiger partial charge in [-0.3, -0.25) is 0 Å². The average molecular weight is 850 g/mol. The van der Waals surface area contributed by atoms with Gasteiger partial charge in [0.1, 0.15) is 0 Å². The Balaban J connectivity index is 0.000000242. The monoisotopic (exact) mass is 851 g/mol. The molecule has 2 nitrogen and oxygen atoms in total. The van der Waals surface area contributed by atoms with Crippen molar-refractivity contribution in [2.24, 2.45) is 0 Å². The van der Waals surface area contributed by atoms with Crippen molar-refractivity contribution in [1.29, 1.82) is 0 Å². The minimum absolute atomic E-state index is 0. The fourth-order valence-corrected chi connectivity index (χ4v) is 8.09. The largest absolute Gasteiger partial charge is 0.305 e. The van der Waals surface area contributed by atoms with Crippen molar-refractivity contribution < 1.29 is 32.7 Å². The number of aryl methyl sites for hydroxylation is 1. The molecule has 235 valence electrons. The van der Waals surface area contributed by atoms with Gasteiger partial charge >= 0.3 is 164 Å². The van der Waals surface area contributed by atoms with E-state index in [1.54, 1.807) is 42.7 Å². The fraction of sp³-hybridized carbons (Fsp3) is 0.171. The van der Waals surface area contributed by atoms with E-state index < -0.39 is 38.2 Å². The van der Waals surface area contributed by atoms with Crippen molar-refractivity contribution in [3.05, 3.63) is 173 Å². The second-order valence-corrected chi connectivity index (χ2v) is 22.2. The van der Waals surface area contributed by atoms with Crippen molar-refractivity contribution in [3.63, 3.8) is 0 Å². The maximum Gasteiger partial charge on any atom is 0.0365 e. The van der Waals surface area contributed by atoms with Crippen LogP contribution in [0.25, 0.3) is 22.5 Å². The van der Waals surface area contributed by atoms with Gasteiger partial charge in [-0.15, -0.1) is 35.9 Å². The number of pyridine rings is 2. The van der Waals surface area contributed by atoms with E-state index >= 15 is 0 Å². The molecule has 6 aromatic rings. The van der Waals surface area contributed by atoms with Gasteiger partial charge in [-0.25, -0.2) is 0 Å². The van der Waals surface area contributed by atoms with E-state index in [0.717, 1.165) is 32.8 Å². The Kier molecular flexibility index (Phi) is 9.67. The minimum atomic E-state index is -2.41. The predicted octanol–water partition coefficient (Wildman–Crippen LogP) is 9.83. The topological polar surface area (TPSA) is 25.8 Å². The SMILES string of the molecule is [2H]C([2H])([2H])c1c[c-]c(-c2cc(C([2H])(C)c3ccccc3)[c]([Ge]([CH3])([CH3])[CH3])cn2)c(F)c1.[2H]C([2H])(c1ccccc1)c1ccnc(-c2[c-]cccc2)c1.[Ir]. The van der Waals surface area contributed by atoms with Crippen molar-refractivity contribution in [2.75, 3.05) is 0 Å². The van der Waals surface area contributed by atoms with Gasteiger partial charge in [0.2, 0.25) is 0 Å². The molecular weight excluding hydrogens is 804 g/mol. The van der Waals surface area contributed by atoms with Crippen LogP contribution in [0.3, 0.4) is 0 Å². The molecule has 2 aromatic heterocycles. The van der Waals surface area contributed by atoms with Crippen LogP contribution in [0.4, 0.5) is 4.39 Å². The van der Waals surface area contributed by atoms with E-state index in [2.05, 4.69) is 39.4 Å². The van der Waals surface area contributed by atoms with Crippen LogP contribution in [0.15, 0.2) is 128 Å². The number of halogens is 1. The Labute approximate surface area is 298 Å². The first-order valence-corrected chi connectivity index (χ1v) is 22.1. The molecule has 0 aliphatic heterocycles. The summed E-state index contributed by atoms with van der Waals surface area (Å²) in [6.07, 6.45) is 1.87. The molecule has 1 atom stereocenters. The molecule has 0 aliphatic carbocycles. The summed E-state index contributed by atoms with van der Waals surface area (Å²) in [6.45, 7) is -0.554. The molecule has 2 heterocycles. The van der Waals surface area contributed by atoms with E-state index in [0.29, 0.717) is 16.8 Å². The summed E-state index contributed by atoms with van der Waals surface area (Å²) in [5.74, 6) is 4.98. The Bertz CT molecular complexity index is 2090. The van der Waals surface area contributed by atoms with Gasteiger partial charge in [-0.05, 0) is 29.3 Å². The number of nitrogens with zero attached hydrogens (tertiary/aromatic N) is 2. The number of hydrogen-bond acceptors (Lipinski definition) is 2. The third-order valence-electron chi connectivity index (χ3n) is 7.28. The zero-order valence-corrected chi connectivity index (χ0v) is 30.7. The van der Waals surface area contributed by atoms with Gasteiger partial charge in [-0.1, -0.05) is 36.4 Å². The standard InChI is InChI=1S/C23H25FGeN.C18H14N.Ir/c1-16-11-12-19(21(24)13-16)23-14-20(22(15-26-23)25(3,4)5)17(2)18-9-7-6-8-10-18;1-3-7-15(8-4-1)13-16-11-12-19-18(14-16)17-9-5-2-6-10-17;/h6-11,13-15,17H,1-5H3;1-9,11-12,14H,13H2;/q2*-1;/i1D3,17D;13D2;. The van der Waals surface area contributed by atoms with Crippen LogP contribution in [0.1, 0.15) is 48.9 Å². The molecule has 0 N–H and O–H groups in total. The summed E-state index contributed by atoms with van der Waals surface area (Å²) in [4.78, 5) is 8.81. The van der Waals surface area contributed by atoms with Gasteiger partial charge in [0.05, 0.1) is 0 Å². The molecule has 0 spiro atoms. The summed E-state index contributed by atoms with van der Waals surface area (Å²) >= 11 is -2.41. The Morgan fingerprint density at radius 1 is 0.848 bits per heavy atom. The predicted molar refractivity (Wildman–Crippen MR) is 188 cm³/mol. The normalized spacial score (nSPS) is 14.7. The maximum atomic E-state index is 14.8. The molecule has 0 fully saturated rings. The first-order valence-electron chi connectivity index (χ1n) is 17.8. The third kappa shape index (κ3) is 9.19. The molecule has 4 aromatic carbocycles. The van der Waals surface area contributed by atoms with E-state index in [1.165, 1.54) is 6.07 Å². The zero-order chi connectivity index (χ0) is 37.0. The molecule has 0 amide bonds. The van der Waals surface area contributed by atoms with Gasteiger partial charge in [0.25, 0.3) is 0 Å². The summed E-state index contributed by atoms with van der Waals surface area (Å²) in [5, 5.41) is 0. The van der Waals surface area contributed by atoms with E-state index in [9.17, 15) is 5.76 Å². The summed E-state index contributed by atoms with van der Waals surface area (Å²) in [7, 11) is 0. The smallest absolute Gasteiger partial charge is 0.0365 e. The van der Waals surface area contributed by atoms with Crippen LogP contribution >= 0.6 is 0 Å². The molecule has 5 heteroatoms. The molecule has 1 unspecified atom stereocenters.